The number of allylic oxidation sites excluding steroid dienone is 2. The Morgan fingerprint density at radius 1 is 1.16 bits per heavy atom. The Kier molecular flexibility index (Phi) is 7.17. The molecule has 1 fully saturated rings. The number of nitrogens with zero attached hydrogens (tertiary/aromatic N) is 2. The molecule has 4 N–H and O–H groups in total. The fourth-order valence-electron chi connectivity index (χ4n) is 7.69. The van der Waals surface area contributed by atoms with Gasteiger partial charge in [-0.3, -0.25) is 24.2 Å². The van der Waals surface area contributed by atoms with Crippen molar-refractivity contribution in [2.24, 2.45) is 23.0 Å². The number of phenols is 1. The minimum absolute atomic E-state index is 0.0275. The molecule has 0 bridgehead atoms. The van der Waals surface area contributed by atoms with E-state index in [0.29, 0.717) is 17.9 Å². The number of nitrogens with two attached hydrogens (primary N) is 1. The largest absolute Gasteiger partial charge is 0.510 e. The number of likely N-dealkylation sites (N-methyl/N-ethyl adjacent to an activating group) is 1. The van der Waals surface area contributed by atoms with Gasteiger partial charge in [-0.15, -0.1) is 0 Å². The van der Waals surface area contributed by atoms with Crippen LogP contribution in [0.2, 0.25) is 0 Å². The van der Waals surface area contributed by atoms with Crippen LogP contribution in [0.25, 0.3) is 0 Å². The number of Topliss-reactive ketones (excluding diaryl/α,β-unsaturated/α-hetero) is 2. The summed E-state index contributed by atoms with van der Waals surface area (Å²) in [6, 6.07) is 9.16. The van der Waals surface area contributed by atoms with Crippen LogP contribution in [0.15, 0.2) is 59.1 Å². The normalized spacial score (nSPS) is 27.3. The first-order chi connectivity index (χ1) is 20.4. The summed E-state index contributed by atoms with van der Waals surface area (Å²) in [5, 5.41) is 22.4. The summed E-state index contributed by atoms with van der Waals surface area (Å²) < 4.78 is 22.6. The lowest BCUT2D eigenvalue weighted by molar-refractivity contribution is -0.133. The number of carbonyl (C=O) groups is 3. The van der Waals surface area contributed by atoms with E-state index in [9.17, 15) is 24.6 Å². The molecular weight excluding hydrogens is 553 g/mol. The lowest BCUT2D eigenvalue weighted by Gasteiger charge is -2.52. The van der Waals surface area contributed by atoms with Gasteiger partial charge < -0.3 is 20.7 Å². The van der Waals surface area contributed by atoms with Crippen molar-refractivity contribution in [2.75, 3.05) is 27.2 Å². The Balaban J connectivity index is 1.56. The summed E-state index contributed by atoms with van der Waals surface area (Å²) in [7, 11) is 3.44. The Morgan fingerprint density at radius 2 is 1.84 bits per heavy atom. The van der Waals surface area contributed by atoms with E-state index in [0.717, 1.165) is 25.9 Å². The topological polar surface area (TPSA) is 133 Å². The van der Waals surface area contributed by atoms with E-state index in [1.54, 1.807) is 56.3 Å². The van der Waals surface area contributed by atoms with Gasteiger partial charge in [0.1, 0.15) is 34.4 Å². The van der Waals surface area contributed by atoms with Crippen molar-refractivity contribution in [1.29, 1.82) is 0 Å². The minimum atomic E-state index is -1.58. The number of hydrogen-bond acceptors (Lipinski definition) is 8. The van der Waals surface area contributed by atoms with Crippen molar-refractivity contribution in [3.05, 3.63) is 81.6 Å². The van der Waals surface area contributed by atoms with Crippen LogP contribution in [-0.2, 0) is 22.6 Å². The number of ether oxygens (including phenoxy) is 1. The highest BCUT2D eigenvalue weighted by molar-refractivity contribution is 6.23. The Labute approximate surface area is 249 Å². The smallest absolute Gasteiger partial charge is 0.255 e. The van der Waals surface area contributed by atoms with Gasteiger partial charge in [0.15, 0.2) is 11.6 Å². The summed E-state index contributed by atoms with van der Waals surface area (Å²) in [6.07, 6.45) is 2.38. The van der Waals surface area contributed by atoms with Crippen LogP contribution in [0.3, 0.4) is 0 Å². The second kappa shape index (κ2) is 10.6. The zero-order valence-electron chi connectivity index (χ0n) is 24.5. The standard InChI is InChI=1S/C33H36FN3O6/c1-33-21(27(36(2)3)29(40)25(30(33)41)32(35)42)14-17-13-20-24(22(38)15-18(26(20)34)16-37-11-7-8-12-37)28(39)23(17)31(33)43-19-9-5-4-6-10-19/h4-6,9-10,15,17,21,27,38,40H,7-8,11-14,16H2,1-3H3,(H2,35,42)/t17-,21-,27-,33-/m0/s1. The fraction of sp³-hybridized carbons (Fsp3) is 0.424. The number of para-hydroxylation sites is 1. The molecule has 0 radical (unpaired) electrons. The zero-order valence-corrected chi connectivity index (χ0v) is 24.5. The number of hydrogen-bond donors (Lipinski definition) is 3. The molecule has 4 atom stereocenters. The molecule has 0 unspecified atom stereocenters. The fourth-order valence-corrected chi connectivity index (χ4v) is 7.69. The van der Waals surface area contributed by atoms with Gasteiger partial charge in [0, 0.05) is 29.2 Å². The van der Waals surface area contributed by atoms with Gasteiger partial charge in [0.05, 0.1) is 17.0 Å². The number of ketones is 2. The first kappa shape index (κ1) is 29.1. The number of halogens is 1. The van der Waals surface area contributed by atoms with Gasteiger partial charge in [0.25, 0.3) is 5.91 Å². The second-order valence-electron chi connectivity index (χ2n) is 12.5. The molecule has 0 saturated carbocycles. The number of likely N-dealkylation sites (tertiary alicyclic amines) is 1. The predicted molar refractivity (Wildman–Crippen MR) is 156 cm³/mol. The van der Waals surface area contributed by atoms with Crippen molar-refractivity contribution < 1.29 is 33.7 Å². The van der Waals surface area contributed by atoms with E-state index in [4.69, 9.17) is 10.5 Å². The molecule has 1 amide bonds. The van der Waals surface area contributed by atoms with Crippen LogP contribution in [-0.4, -0.2) is 70.7 Å². The highest BCUT2D eigenvalue weighted by Crippen LogP contribution is 2.57. The number of benzene rings is 2. The third kappa shape index (κ3) is 4.46. The third-order valence-corrected chi connectivity index (χ3v) is 9.72. The molecule has 1 aliphatic heterocycles. The monoisotopic (exact) mass is 589 g/mol. The average Bonchev–Trinajstić information content (AvgIpc) is 3.46. The van der Waals surface area contributed by atoms with Gasteiger partial charge in [-0.25, -0.2) is 4.39 Å². The molecule has 2 aromatic carbocycles. The van der Waals surface area contributed by atoms with Gasteiger partial charge in [-0.05, 0) is 83.9 Å². The number of aliphatic hydroxyl groups is 1. The summed E-state index contributed by atoms with van der Waals surface area (Å²) in [4.78, 5) is 44.9. The lowest BCUT2D eigenvalue weighted by atomic mass is 9.54. The molecule has 6 rings (SSSR count). The molecule has 10 heteroatoms. The maximum absolute atomic E-state index is 16.1. The number of fused-ring (bicyclic) bond motifs is 3. The quantitative estimate of drug-likeness (QED) is 0.435. The molecule has 9 nitrogen and oxygen atoms in total. The van der Waals surface area contributed by atoms with Crippen LogP contribution in [0.4, 0.5) is 4.39 Å². The number of aromatic hydroxyl groups is 1. The van der Waals surface area contributed by atoms with Crippen molar-refractivity contribution in [3.8, 4) is 11.5 Å². The van der Waals surface area contributed by atoms with Crippen molar-refractivity contribution >= 4 is 17.5 Å². The lowest BCUT2D eigenvalue weighted by Crippen LogP contribution is -2.59. The SMILES string of the molecule is CN(C)[C@@H]1C(O)=C(C(N)=O)C(=O)[C@@]2(C)C(Oc3ccccc3)=C3C(=O)c4c(O)cc(CN5CCCC5)c(F)c4C[C@H]3C[C@@H]12. The molecule has 1 saturated heterocycles. The molecule has 4 aliphatic rings. The maximum Gasteiger partial charge on any atom is 0.255 e. The summed E-state index contributed by atoms with van der Waals surface area (Å²) >= 11 is 0. The molecule has 226 valence electrons. The van der Waals surface area contributed by atoms with Crippen LogP contribution in [0.1, 0.15) is 47.7 Å². The average molecular weight is 590 g/mol. The van der Waals surface area contributed by atoms with Crippen LogP contribution >= 0.6 is 0 Å². The van der Waals surface area contributed by atoms with Crippen LogP contribution in [0.5, 0.6) is 11.5 Å². The highest BCUT2D eigenvalue weighted by atomic mass is 19.1. The minimum Gasteiger partial charge on any atom is -0.510 e. The van der Waals surface area contributed by atoms with Crippen molar-refractivity contribution in [1.82, 2.24) is 9.80 Å². The van der Waals surface area contributed by atoms with E-state index in [-0.39, 0.29) is 41.1 Å². The van der Waals surface area contributed by atoms with E-state index in [1.165, 1.54) is 6.07 Å². The molecule has 2 aromatic rings. The van der Waals surface area contributed by atoms with Crippen molar-refractivity contribution in [2.45, 2.75) is 45.2 Å². The van der Waals surface area contributed by atoms with Gasteiger partial charge in [-0.2, -0.15) is 0 Å². The first-order valence-corrected chi connectivity index (χ1v) is 14.7. The number of rotatable bonds is 6. The Morgan fingerprint density at radius 3 is 2.47 bits per heavy atom. The van der Waals surface area contributed by atoms with Gasteiger partial charge in [-0.1, -0.05) is 18.2 Å². The highest BCUT2D eigenvalue weighted by Gasteiger charge is 2.62. The predicted octanol–water partition coefficient (Wildman–Crippen LogP) is 3.65. The maximum atomic E-state index is 16.1. The molecule has 43 heavy (non-hydrogen) atoms. The summed E-state index contributed by atoms with van der Waals surface area (Å²) in [5.41, 5.74) is 4.03. The van der Waals surface area contributed by atoms with E-state index in [1.807, 2.05) is 0 Å². The third-order valence-electron chi connectivity index (χ3n) is 9.72. The number of amides is 1. The molecule has 1 heterocycles. The van der Waals surface area contributed by atoms with E-state index in [2.05, 4.69) is 4.90 Å². The van der Waals surface area contributed by atoms with Gasteiger partial charge in [0.2, 0.25) is 0 Å². The second-order valence-corrected chi connectivity index (χ2v) is 12.5. The van der Waals surface area contributed by atoms with Crippen LogP contribution < -0.4 is 10.5 Å². The Hall–Kier alpha value is -4.02. The molecule has 0 aromatic heterocycles. The summed E-state index contributed by atoms with van der Waals surface area (Å²) in [5.74, 6) is -4.53. The number of aliphatic hydroxyl groups excluding tert-OH is 1. The first-order valence-electron chi connectivity index (χ1n) is 14.7. The van der Waals surface area contributed by atoms with Crippen molar-refractivity contribution in [3.63, 3.8) is 0 Å². The van der Waals surface area contributed by atoms with Crippen LogP contribution in [0, 0.1) is 23.1 Å². The number of primary amides is 1. The van der Waals surface area contributed by atoms with E-state index >= 15 is 4.39 Å². The number of phenolic OH excluding ortho intramolecular Hbond substituents is 1. The molecular formula is C33H36FN3O6. The zero-order chi connectivity index (χ0) is 30.8. The number of carbonyl (C=O) groups excluding carboxylic acids is 3. The summed E-state index contributed by atoms with van der Waals surface area (Å²) in [6.45, 7) is 3.63. The Bertz CT molecular complexity index is 1590. The molecule has 3 aliphatic carbocycles. The van der Waals surface area contributed by atoms with Gasteiger partial charge >= 0.3 is 0 Å². The molecule has 0 spiro atoms. The van der Waals surface area contributed by atoms with E-state index < -0.39 is 57.9 Å².